The minimum absolute atomic E-state index is 0.0399. The number of aromatic carboxylic acids is 1. The molecule has 0 spiro atoms. The van der Waals surface area contributed by atoms with Crippen molar-refractivity contribution in [2.24, 2.45) is 5.92 Å². The SMILES string of the molecule is CCc1cc(O[C@H]2CCc3cccc(-c4cccc(-n5ncc(C(=O)O)c5CC)n4)c32)ccc1C1CCN(C(=O)C(C)CCO)CC1. The largest absolute Gasteiger partial charge is 0.486 e. The van der Waals surface area contributed by atoms with Gasteiger partial charge in [-0.25, -0.2) is 14.5 Å². The summed E-state index contributed by atoms with van der Waals surface area (Å²) in [6, 6.07) is 18.6. The third-order valence-electron chi connectivity index (χ3n) is 9.86. The highest BCUT2D eigenvalue weighted by molar-refractivity contribution is 5.88. The molecular weight excluding hydrogens is 592 g/mol. The van der Waals surface area contributed by atoms with Gasteiger partial charge in [-0.15, -0.1) is 0 Å². The second kappa shape index (κ2) is 14.1. The maximum absolute atomic E-state index is 12.8. The predicted octanol–water partition coefficient (Wildman–Crippen LogP) is 6.55. The summed E-state index contributed by atoms with van der Waals surface area (Å²) in [5, 5.41) is 23.2. The molecular formula is C38H44N4O5. The van der Waals surface area contributed by atoms with Gasteiger partial charge in [0, 0.05) is 36.7 Å². The highest BCUT2D eigenvalue weighted by atomic mass is 16.5. The van der Waals surface area contributed by atoms with Gasteiger partial charge in [0.2, 0.25) is 5.91 Å². The summed E-state index contributed by atoms with van der Waals surface area (Å²) in [4.78, 5) is 31.4. The van der Waals surface area contributed by atoms with Crippen molar-refractivity contribution < 1.29 is 24.5 Å². The van der Waals surface area contributed by atoms with Crippen LogP contribution < -0.4 is 4.74 Å². The van der Waals surface area contributed by atoms with Crippen LogP contribution in [0.3, 0.4) is 0 Å². The van der Waals surface area contributed by atoms with Crippen molar-refractivity contribution in [3.8, 4) is 22.8 Å². The smallest absolute Gasteiger partial charge is 0.339 e. The van der Waals surface area contributed by atoms with E-state index in [9.17, 15) is 19.8 Å². The minimum atomic E-state index is -0.994. The standard InChI is InChI=1S/C38H44N4O5/c1-4-25-22-28(13-14-29(25)26-16-19-41(20-17-26)37(44)24(3)18-21-43)47-34-15-12-27-8-6-9-30(36(27)34)32-10-7-11-35(40-32)42-33(5-2)31(23-39-42)38(45)46/h6-11,13-14,22-24,26,34,43H,4-5,12,15-21H2,1-3H3,(H,45,46)/t24?,34-/m0/s1. The van der Waals surface area contributed by atoms with Gasteiger partial charge in [0.25, 0.3) is 0 Å². The predicted molar refractivity (Wildman–Crippen MR) is 180 cm³/mol. The van der Waals surface area contributed by atoms with Crippen molar-refractivity contribution in [2.75, 3.05) is 19.7 Å². The number of carbonyl (C=O) groups excluding carboxylic acids is 1. The number of rotatable bonds is 11. The number of piperidine rings is 1. The number of carbonyl (C=O) groups is 2. The van der Waals surface area contributed by atoms with E-state index in [2.05, 4.69) is 48.4 Å². The van der Waals surface area contributed by atoms with Crippen LogP contribution in [0, 0.1) is 5.92 Å². The number of hydrogen-bond acceptors (Lipinski definition) is 6. The van der Waals surface area contributed by atoms with Crippen molar-refractivity contribution in [2.45, 2.75) is 77.7 Å². The number of aliphatic hydroxyl groups is 1. The van der Waals surface area contributed by atoms with Crippen LogP contribution in [-0.4, -0.2) is 61.5 Å². The summed E-state index contributed by atoms with van der Waals surface area (Å²) in [5.74, 6) is 0.856. The minimum Gasteiger partial charge on any atom is -0.486 e. The van der Waals surface area contributed by atoms with Crippen LogP contribution in [0.5, 0.6) is 5.75 Å². The molecule has 47 heavy (non-hydrogen) atoms. The van der Waals surface area contributed by atoms with Gasteiger partial charge >= 0.3 is 5.97 Å². The first-order valence-electron chi connectivity index (χ1n) is 16.9. The van der Waals surface area contributed by atoms with Gasteiger partial charge in [-0.1, -0.05) is 51.1 Å². The average Bonchev–Trinajstić information content (AvgIpc) is 3.73. The van der Waals surface area contributed by atoms with E-state index in [0.717, 1.165) is 67.8 Å². The lowest BCUT2D eigenvalue weighted by Gasteiger charge is -2.34. The van der Waals surface area contributed by atoms with Crippen molar-refractivity contribution in [3.05, 3.63) is 94.3 Å². The first-order valence-corrected chi connectivity index (χ1v) is 16.9. The molecule has 0 saturated carbocycles. The lowest BCUT2D eigenvalue weighted by Crippen LogP contribution is -2.41. The van der Waals surface area contributed by atoms with Gasteiger partial charge in [0.1, 0.15) is 17.4 Å². The Morgan fingerprint density at radius 1 is 1.02 bits per heavy atom. The average molecular weight is 637 g/mol. The van der Waals surface area contributed by atoms with E-state index >= 15 is 0 Å². The first kappa shape index (κ1) is 32.4. The van der Waals surface area contributed by atoms with Crippen LogP contribution >= 0.6 is 0 Å². The van der Waals surface area contributed by atoms with Crippen molar-refractivity contribution in [1.82, 2.24) is 19.7 Å². The molecule has 3 heterocycles. The topological polar surface area (TPSA) is 118 Å². The molecule has 1 aliphatic carbocycles. The summed E-state index contributed by atoms with van der Waals surface area (Å²) >= 11 is 0. The van der Waals surface area contributed by atoms with Crippen LogP contribution in [-0.2, 0) is 24.1 Å². The van der Waals surface area contributed by atoms with E-state index in [1.54, 1.807) is 4.68 Å². The molecule has 246 valence electrons. The van der Waals surface area contributed by atoms with Gasteiger partial charge in [-0.3, -0.25) is 4.79 Å². The molecule has 1 amide bonds. The van der Waals surface area contributed by atoms with Crippen molar-refractivity contribution >= 4 is 11.9 Å². The maximum atomic E-state index is 12.8. The zero-order valence-corrected chi connectivity index (χ0v) is 27.5. The molecule has 2 aliphatic rings. The number of aromatic nitrogens is 3. The molecule has 9 nitrogen and oxygen atoms in total. The van der Waals surface area contributed by atoms with E-state index in [1.165, 1.54) is 22.9 Å². The molecule has 9 heteroatoms. The number of likely N-dealkylation sites (tertiary alicyclic amines) is 1. The number of carboxylic acid groups (broad SMARTS) is 1. The Morgan fingerprint density at radius 3 is 2.53 bits per heavy atom. The quantitative estimate of drug-likeness (QED) is 0.192. The molecule has 1 aliphatic heterocycles. The van der Waals surface area contributed by atoms with E-state index in [4.69, 9.17) is 9.72 Å². The van der Waals surface area contributed by atoms with Gasteiger partial charge in [-0.05, 0) is 91.8 Å². The monoisotopic (exact) mass is 636 g/mol. The number of pyridine rings is 1. The Kier molecular flexibility index (Phi) is 9.73. The maximum Gasteiger partial charge on any atom is 0.339 e. The van der Waals surface area contributed by atoms with Gasteiger partial charge in [0.15, 0.2) is 5.82 Å². The Labute approximate surface area is 276 Å². The fourth-order valence-electron chi connectivity index (χ4n) is 7.33. The Morgan fingerprint density at radius 2 is 1.81 bits per heavy atom. The summed E-state index contributed by atoms with van der Waals surface area (Å²) in [6.07, 6.45) is 6.87. The zero-order valence-electron chi connectivity index (χ0n) is 27.5. The molecule has 2 N–H and O–H groups in total. The molecule has 0 bridgehead atoms. The number of amides is 1. The Hall–Kier alpha value is -4.50. The van der Waals surface area contributed by atoms with E-state index < -0.39 is 5.97 Å². The first-order chi connectivity index (χ1) is 22.8. The highest BCUT2D eigenvalue weighted by Crippen LogP contribution is 2.42. The molecule has 2 aromatic carbocycles. The van der Waals surface area contributed by atoms with Crippen LogP contribution in [0.2, 0.25) is 0 Å². The van der Waals surface area contributed by atoms with Crippen molar-refractivity contribution in [1.29, 1.82) is 0 Å². The van der Waals surface area contributed by atoms with Gasteiger partial charge in [-0.2, -0.15) is 5.10 Å². The van der Waals surface area contributed by atoms with Crippen LogP contribution in [0.15, 0.2) is 60.8 Å². The summed E-state index contributed by atoms with van der Waals surface area (Å²) in [7, 11) is 0. The number of benzene rings is 2. The summed E-state index contributed by atoms with van der Waals surface area (Å²) in [5.41, 5.74) is 7.65. The lowest BCUT2D eigenvalue weighted by atomic mass is 9.85. The van der Waals surface area contributed by atoms with Crippen LogP contribution in [0.4, 0.5) is 0 Å². The lowest BCUT2D eigenvalue weighted by molar-refractivity contribution is -0.136. The molecule has 0 radical (unpaired) electrons. The molecule has 4 aromatic rings. The fraction of sp³-hybridized carbons (Fsp3) is 0.421. The number of nitrogens with zero attached hydrogens (tertiary/aromatic N) is 4. The number of aliphatic hydroxyl groups excluding tert-OH is 1. The van der Waals surface area contributed by atoms with E-state index in [-0.39, 0.29) is 30.1 Å². The van der Waals surface area contributed by atoms with Crippen molar-refractivity contribution in [3.63, 3.8) is 0 Å². The number of ether oxygens (including phenoxy) is 1. The van der Waals surface area contributed by atoms with E-state index in [1.807, 2.05) is 36.9 Å². The molecule has 6 rings (SSSR count). The fourth-order valence-corrected chi connectivity index (χ4v) is 7.33. The van der Waals surface area contributed by atoms with Gasteiger partial charge < -0.3 is 19.8 Å². The third kappa shape index (κ3) is 6.54. The number of hydrogen-bond donors (Lipinski definition) is 2. The summed E-state index contributed by atoms with van der Waals surface area (Å²) < 4.78 is 8.37. The zero-order chi connectivity index (χ0) is 33.1. The Balaban J connectivity index is 1.21. The molecule has 2 atom stereocenters. The molecule has 1 unspecified atom stereocenters. The van der Waals surface area contributed by atoms with Gasteiger partial charge in [0.05, 0.1) is 17.6 Å². The molecule has 2 aromatic heterocycles. The second-order valence-corrected chi connectivity index (χ2v) is 12.7. The second-order valence-electron chi connectivity index (χ2n) is 12.7. The summed E-state index contributed by atoms with van der Waals surface area (Å²) in [6.45, 7) is 7.54. The number of aryl methyl sites for hydroxylation is 2. The van der Waals surface area contributed by atoms with Crippen LogP contribution in [0.1, 0.15) is 96.8 Å². The number of fused-ring (bicyclic) bond motifs is 1. The van der Waals surface area contributed by atoms with Crippen LogP contribution in [0.25, 0.3) is 17.1 Å². The normalized spacial score (nSPS) is 17.0. The highest BCUT2D eigenvalue weighted by Gasteiger charge is 2.30. The number of carboxylic acids is 1. The molecule has 1 fully saturated rings. The van der Waals surface area contributed by atoms with E-state index in [0.29, 0.717) is 30.3 Å². The third-order valence-corrected chi connectivity index (χ3v) is 9.86. The molecule has 1 saturated heterocycles. The Bertz CT molecular complexity index is 1760.